The molecule has 1 aromatic rings. The van der Waals surface area contributed by atoms with E-state index in [0.717, 1.165) is 29.5 Å². The Balaban J connectivity index is 1.74. The minimum absolute atomic E-state index is 0.0198. The molecule has 2 aliphatic rings. The van der Waals surface area contributed by atoms with E-state index in [1.54, 1.807) is 0 Å². The number of carbonyl (C=O) groups is 1. The second-order valence-corrected chi connectivity index (χ2v) is 8.84. The molecule has 142 valence electrons. The first kappa shape index (κ1) is 19.3. The first-order valence-corrected chi connectivity index (χ1v) is 9.52. The lowest BCUT2D eigenvalue weighted by Gasteiger charge is -2.34. The van der Waals surface area contributed by atoms with Crippen LogP contribution in [0.15, 0.2) is 29.8 Å². The van der Waals surface area contributed by atoms with Gasteiger partial charge in [-0.3, -0.25) is 9.69 Å². The molecule has 0 radical (unpaired) electrons. The number of likely N-dealkylation sites (N-methyl/N-ethyl adjacent to an activating group) is 1. The summed E-state index contributed by atoms with van der Waals surface area (Å²) in [5, 5.41) is 18.5. The molecule has 0 aliphatic heterocycles. The standard InChI is InChI=1S/C22H31NO3/c1-21(2)18-9-10-22(21,3)19(20(18)26)11-15-5-7-16(8-6-15)12-23(4)13-17(25)14-24/h5-8,11,17-18,24-25H,9-10,12-14H2,1-4H3. The molecule has 3 atom stereocenters. The monoisotopic (exact) mass is 357 g/mol. The van der Waals surface area contributed by atoms with Gasteiger partial charge in [0.15, 0.2) is 5.78 Å². The molecule has 0 aromatic heterocycles. The number of allylic oxidation sites excluding steroid dienone is 1. The maximum Gasteiger partial charge on any atom is 0.163 e. The average molecular weight is 357 g/mol. The number of rotatable bonds is 6. The predicted molar refractivity (Wildman–Crippen MR) is 103 cm³/mol. The van der Waals surface area contributed by atoms with E-state index in [1.165, 1.54) is 0 Å². The van der Waals surface area contributed by atoms with Crippen LogP contribution in [0, 0.1) is 16.7 Å². The highest BCUT2D eigenvalue weighted by molar-refractivity contribution is 6.06. The molecule has 2 bridgehead atoms. The van der Waals surface area contributed by atoms with E-state index >= 15 is 0 Å². The van der Waals surface area contributed by atoms with Gasteiger partial charge in [0.25, 0.3) is 0 Å². The van der Waals surface area contributed by atoms with Crippen LogP contribution in [0.4, 0.5) is 0 Å². The molecule has 3 unspecified atom stereocenters. The molecule has 0 amide bonds. The van der Waals surface area contributed by atoms with Crippen LogP contribution in [0.1, 0.15) is 44.7 Å². The van der Waals surface area contributed by atoms with Gasteiger partial charge in [0.05, 0.1) is 12.7 Å². The van der Waals surface area contributed by atoms with Gasteiger partial charge in [0, 0.05) is 30.0 Å². The van der Waals surface area contributed by atoms with Crippen LogP contribution in [0.5, 0.6) is 0 Å². The molecule has 1 aromatic carbocycles. The van der Waals surface area contributed by atoms with E-state index in [4.69, 9.17) is 5.11 Å². The van der Waals surface area contributed by atoms with Gasteiger partial charge in [0.2, 0.25) is 0 Å². The zero-order valence-corrected chi connectivity index (χ0v) is 16.3. The van der Waals surface area contributed by atoms with Crippen LogP contribution in [0.2, 0.25) is 0 Å². The van der Waals surface area contributed by atoms with Crippen molar-refractivity contribution < 1.29 is 15.0 Å². The highest BCUT2D eigenvalue weighted by atomic mass is 16.3. The van der Waals surface area contributed by atoms with Gasteiger partial charge < -0.3 is 10.2 Å². The van der Waals surface area contributed by atoms with E-state index in [1.807, 2.05) is 11.9 Å². The Labute approximate surface area is 156 Å². The summed E-state index contributed by atoms with van der Waals surface area (Å²) in [5.74, 6) is 0.509. The molecule has 4 heteroatoms. The molecule has 0 saturated heterocycles. The Morgan fingerprint density at radius 2 is 1.92 bits per heavy atom. The summed E-state index contributed by atoms with van der Waals surface area (Å²) in [4.78, 5) is 14.8. The van der Waals surface area contributed by atoms with Crippen LogP contribution in [-0.4, -0.2) is 47.2 Å². The largest absolute Gasteiger partial charge is 0.394 e. The van der Waals surface area contributed by atoms with E-state index in [0.29, 0.717) is 18.9 Å². The van der Waals surface area contributed by atoms with Gasteiger partial charge >= 0.3 is 0 Å². The van der Waals surface area contributed by atoms with Gasteiger partial charge in [-0.2, -0.15) is 0 Å². The predicted octanol–water partition coefficient (Wildman–Crippen LogP) is 2.88. The van der Waals surface area contributed by atoms with Gasteiger partial charge in [0.1, 0.15) is 0 Å². The maximum atomic E-state index is 12.8. The second kappa shape index (κ2) is 6.91. The zero-order chi connectivity index (χ0) is 19.1. The van der Waals surface area contributed by atoms with Crippen molar-refractivity contribution in [3.8, 4) is 0 Å². The van der Waals surface area contributed by atoms with Crippen molar-refractivity contribution in [1.82, 2.24) is 4.90 Å². The van der Waals surface area contributed by atoms with Crippen molar-refractivity contribution in [2.75, 3.05) is 20.2 Å². The van der Waals surface area contributed by atoms with Crippen LogP contribution in [-0.2, 0) is 11.3 Å². The fraction of sp³-hybridized carbons (Fsp3) is 0.591. The minimum atomic E-state index is -0.711. The van der Waals surface area contributed by atoms with Crippen molar-refractivity contribution >= 4 is 11.9 Å². The molecule has 2 N–H and O–H groups in total. The van der Waals surface area contributed by atoms with Crippen molar-refractivity contribution in [2.45, 2.75) is 46.3 Å². The number of carbonyl (C=O) groups excluding carboxylic acids is 1. The van der Waals surface area contributed by atoms with Gasteiger partial charge in [-0.05, 0) is 42.5 Å². The summed E-state index contributed by atoms with van der Waals surface area (Å²) in [6.07, 6.45) is 3.49. The van der Waals surface area contributed by atoms with E-state index < -0.39 is 6.10 Å². The normalized spacial score (nSPS) is 29.7. The molecule has 3 rings (SSSR count). The molecule has 26 heavy (non-hydrogen) atoms. The number of hydrogen-bond donors (Lipinski definition) is 2. The van der Waals surface area contributed by atoms with E-state index in [9.17, 15) is 9.90 Å². The third-order valence-corrected chi connectivity index (χ3v) is 6.88. The fourth-order valence-corrected chi connectivity index (χ4v) is 4.81. The molecular formula is C22H31NO3. The van der Waals surface area contributed by atoms with Gasteiger partial charge in [-0.15, -0.1) is 0 Å². The number of Topliss-reactive ketones (excluding diaryl/α,β-unsaturated/α-hetero) is 1. The lowest BCUT2D eigenvalue weighted by atomic mass is 9.69. The minimum Gasteiger partial charge on any atom is -0.394 e. The Morgan fingerprint density at radius 1 is 1.27 bits per heavy atom. The van der Waals surface area contributed by atoms with Gasteiger partial charge in [-0.1, -0.05) is 45.0 Å². The summed E-state index contributed by atoms with van der Waals surface area (Å²) in [5.41, 5.74) is 3.24. The number of aliphatic hydroxyl groups is 2. The smallest absolute Gasteiger partial charge is 0.163 e. The maximum absolute atomic E-state index is 12.8. The zero-order valence-electron chi connectivity index (χ0n) is 16.3. The lowest BCUT2D eigenvalue weighted by molar-refractivity contribution is -0.119. The number of aliphatic hydroxyl groups excluding tert-OH is 2. The topological polar surface area (TPSA) is 60.8 Å². The third kappa shape index (κ3) is 3.15. The SMILES string of the molecule is CN(Cc1ccc(C=C2C(=O)C3CCC2(C)C3(C)C)cc1)CC(O)CO. The van der Waals surface area contributed by atoms with Crippen molar-refractivity contribution in [3.63, 3.8) is 0 Å². The first-order valence-electron chi connectivity index (χ1n) is 9.52. The van der Waals surface area contributed by atoms with Crippen LogP contribution >= 0.6 is 0 Å². The quantitative estimate of drug-likeness (QED) is 0.769. The number of nitrogens with zero attached hydrogens (tertiary/aromatic N) is 1. The number of hydrogen-bond acceptors (Lipinski definition) is 4. The van der Waals surface area contributed by atoms with Crippen LogP contribution in [0.25, 0.3) is 6.08 Å². The van der Waals surface area contributed by atoms with E-state index in [2.05, 4.69) is 51.1 Å². The average Bonchev–Trinajstić information content (AvgIpc) is 2.89. The molecule has 2 aliphatic carbocycles. The molecule has 2 fully saturated rings. The third-order valence-electron chi connectivity index (χ3n) is 6.88. The molecular weight excluding hydrogens is 326 g/mol. The summed E-state index contributed by atoms with van der Waals surface area (Å²) >= 11 is 0. The number of fused-ring (bicyclic) bond motifs is 2. The Kier molecular flexibility index (Phi) is 5.13. The van der Waals surface area contributed by atoms with Crippen LogP contribution in [0.3, 0.4) is 0 Å². The first-order chi connectivity index (χ1) is 12.2. The molecule has 0 heterocycles. The Hall–Kier alpha value is -1.49. The van der Waals surface area contributed by atoms with Crippen LogP contribution < -0.4 is 0 Å². The Morgan fingerprint density at radius 3 is 2.46 bits per heavy atom. The fourth-order valence-electron chi connectivity index (χ4n) is 4.81. The Bertz CT molecular complexity index is 707. The summed E-state index contributed by atoms with van der Waals surface area (Å²) in [7, 11) is 1.92. The van der Waals surface area contributed by atoms with Crippen molar-refractivity contribution in [2.24, 2.45) is 16.7 Å². The summed E-state index contributed by atoms with van der Waals surface area (Å²) in [6.45, 7) is 7.65. The molecule has 2 saturated carbocycles. The highest BCUT2D eigenvalue weighted by Gasteiger charge is 2.63. The molecule has 0 spiro atoms. The summed E-state index contributed by atoms with van der Waals surface area (Å²) < 4.78 is 0. The summed E-state index contributed by atoms with van der Waals surface area (Å²) in [6, 6.07) is 8.27. The number of ketones is 1. The lowest BCUT2D eigenvalue weighted by Crippen LogP contribution is -2.30. The van der Waals surface area contributed by atoms with Gasteiger partial charge in [-0.25, -0.2) is 0 Å². The highest BCUT2D eigenvalue weighted by Crippen LogP contribution is 2.66. The van der Waals surface area contributed by atoms with Crippen molar-refractivity contribution in [1.29, 1.82) is 0 Å². The van der Waals surface area contributed by atoms with E-state index in [-0.39, 0.29) is 23.4 Å². The molecule has 4 nitrogen and oxygen atoms in total. The number of benzene rings is 1. The van der Waals surface area contributed by atoms with Crippen molar-refractivity contribution in [3.05, 3.63) is 41.0 Å². The second-order valence-electron chi connectivity index (χ2n) is 8.84.